The van der Waals surface area contributed by atoms with E-state index in [0.717, 1.165) is 25.8 Å². The predicted octanol–water partition coefficient (Wildman–Crippen LogP) is 2.70. The third-order valence-corrected chi connectivity index (χ3v) is 4.25. The molecule has 0 bridgehead atoms. The minimum Gasteiger partial charge on any atom is -0.398 e. The van der Waals surface area contributed by atoms with E-state index in [9.17, 15) is 9.50 Å². The topological polar surface area (TPSA) is 62.4 Å². The Bertz CT molecular complexity index is 645. The third kappa shape index (κ3) is 2.53. The van der Waals surface area contributed by atoms with E-state index in [2.05, 4.69) is 9.88 Å². The minimum absolute atomic E-state index is 0.135. The number of aliphatic hydroxyl groups excluding tert-OH is 1. The van der Waals surface area contributed by atoms with Gasteiger partial charge in [-0.15, -0.1) is 0 Å². The summed E-state index contributed by atoms with van der Waals surface area (Å²) in [6.07, 6.45) is 5.56. The molecule has 3 rings (SSSR count). The van der Waals surface area contributed by atoms with Crippen molar-refractivity contribution in [2.75, 3.05) is 23.8 Å². The van der Waals surface area contributed by atoms with Gasteiger partial charge in [-0.2, -0.15) is 0 Å². The molecule has 1 aliphatic heterocycles. The summed E-state index contributed by atoms with van der Waals surface area (Å²) >= 11 is 0. The normalized spacial score (nSPS) is 19.1. The summed E-state index contributed by atoms with van der Waals surface area (Å²) in [7, 11) is 0. The fourth-order valence-electron chi connectivity index (χ4n) is 3.21. The highest BCUT2D eigenvalue weighted by Gasteiger charge is 2.25. The van der Waals surface area contributed by atoms with Crippen LogP contribution in [0.4, 0.5) is 15.9 Å². The smallest absolute Gasteiger partial charge is 0.139 e. The summed E-state index contributed by atoms with van der Waals surface area (Å²) in [5, 5.41) is 10.4. The number of hydrogen-bond acceptors (Lipinski definition) is 4. The van der Waals surface area contributed by atoms with E-state index in [4.69, 9.17) is 5.73 Å². The second kappa shape index (κ2) is 5.85. The molecular formula is C16H20FN3O. The Hall–Kier alpha value is -1.88. The highest BCUT2D eigenvalue weighted by Crippen LogP contribution is 2.34. The van der Waals surface area contributed by atoms with Gasteiger partial charge in [0.25, 0.3) is 0 Å². The SMILES string of the molecule is Nc1ccc(F)c2c(N3CCCCC3CCO)nccc12. The lowest BCUT2D eigenvalue weighted by Crippen LogP contribution is -2.40. The first kappa shape index (κ1) is 14.1. The molecule has 1 atom stereocenters. The number of anilines is 2. The van der Waals surface area contributed by atoms with E-state index >= 15 is 0 Å². The lowest BCUT2D eigenvalue weighted by atomic mass is 9.98. The van der Waals surface area contributed by atoms with Crippen molar-refractivity contribution in [1.29, 1.82) is 0 Å². The second-order valence-electron chi connectivity index (χ2n) is 5.55. The van der Waals surface area contributed by atoms with Crippen LogP contribution in [0.2, 0.25) is 0 Å². The molecule has 1 unspecified atom stereocenters. The molecule has 0 saturated carbocycles. The van der Waals surface area contributed by atoms with Crippen LogP contribution in [0.15, 0.2) is 24.4 Å². The number of nitrogens with zero attached hydrogens (tertiary/aromatic N) is 2. The predicted molar refractivity (Wildman–Crippen MR) is 82.8 cm³/mol. The molecular weight excluding hydrogens is 269 g/mol. The molecule has 0 spiro atoms. The molecule has 21 heavy (non-hydrogen) atoms. The van der Waals surface area contributed by atoms with E-state index in [0.29, 0.717) is 28.7 Å². The van der Waals surface area contributed by atoms with Crippen molar-refractivity contribution >= 4 is 22.3 Å². The van der Waals surface area contributed by atoms with Crippen molar-refractivity contribution in [2.45, 2.75) is 31.7 Å². The van der Waals surface area contributed by atoms with Crippen molar-refractivity contribution in [2.24, 2.45) is 0 Å². The zero-order chi connectivity index (χ0) is 14.8. The molecule has 1 saturated heterocycles. The molecule has 0 amide bonds. The molecule has 1 aromatic heterocycles. The molecule has 1 aromatic carbocycles. The van der Waals surface area contributed by atoms with Crippen LogP contribution in [-0.4, -0.2) is 29.3 Å². The number of nitrogen functional groups attached to an aromatic ring is 1. The maximum Gasteiger partial charge on any atom is 0.139 e. The van der Waals surface area contributed by atoms with Crippen molar-refractivity contribution in [3.63, 3.8) is 0 Å². The number of aromatic nitrogens is 1. The van der Waals surface area contributed by atoms with E-state index in [1.54, 1.807) is 18.3 Å². The summed E-state index contributed by atoms with van der Waals surface area (Å²) in [5.74, 6) is 0.353. The standard InChI is InChI=1S/C16H20FN3O/c17-13-4-5-14(18)12-6-8-19-16(15(12)13)20-9-2-1-3-11(20)7-10-21/h4-6,8,11,21H,1-3,7,9-10,18H2. The fraction of sp³-hybridized carbons (Fsp3) is 0.438. The fourth-order valence-corrected chi connectivity index (χ4v) is 3.21. The monoisotopic (exact) mass is 289 g/mol. The number of fused-ring (bicyclic) bond motifs is 1. The third-order valence-electron chi connectivity index (χ3n) is 4.25. The van der Waals surface area contributed by atoms with Crippen LogP contribution in [0.25, 0.3) is 10.8 Å². The van der Waals surface area contributed by atoms with E-state index < -0.39 is 0 Å². The summed E-state index contributed by atoms with van der Waals surface area (Å²) < 4.78 is 14.3. The first-order valence-corrected chi connectivity index (χ1v) is 7.42. The van der Waals surface area contributed by atoms with Gasteiger partial charge in [0.2, 0.25) is 0 Å². The minimum atomic E-state index is -0.296. The average Bonchev–Trinajstić information content (AvgIpc) is 2.51. The largest absolute Gasteiger partial charge is 0.398 e. The van der Waals surface area contributed by atoms with Gasteiger partial charge in [-0.1, -0.05) is 0 Å². The zero-order valence-electron chi connectivity index (χ0n) is 11.9. The van der Waals surface area contributed by atoms with Gasteiger partial charge in [-0.3, -0.25) is 0 Å². The molecule has 4 nitrogen and oxygen atoms in total. The second-order valence-corrected chi connectivity index (χ2v) is 5.55. The number of nitrogens with two attached hydrogens (primary N) is 1. The number of piperidine rings is 1. The molecule has 1 aliphatic rings. The van der Waals surface area contributed by atoms with Gasteiger partial charge in [-0.05, 0) is 43.9 Å². The number of halogens is 1. The van der Waals surface area contributed by atoms with Gasteiger partial charge < -0.3 is 15.7 Å². The Morgan fingerprint density at radius 2 is 2.19 bits per heavy atom. The highest BCUT2D eigenvalue weighted by molar-refractivity contribution is 5.99. The Balaban J connectivity index is 2.12. The summed E-state index contributed by atoms with van der Waals surface area (Å²) in [6, 6.07) is 4.95. The van der Waals surface area contributed by atoms with Gasteiger partial charge in [0, 0.05) is 36.5 Å². The first-order valence-electron chi connectivity index (χ1n) is 7.42. The Morgan fingerprint density at radius 1 is 1.33 bits per heavy atom. The van der Waals surface area contributed by atoms with Crippen molar-refractivity contribution in [3.05, 3.63) is 30.2 Å². The zero-order valence-corrected chi connectivity index (χ0v) is 11.9. The van der Waals surface area contributed by atoms with E-state index in [-0.39, 0.29) is 18.5 Å². The average molecular weight is 289 g/mol. The highest BCUT2D eigenvalue weighted by atomic mass is 19.1. The van der Waals surface area contributed by atoms with Gasteiger partial charge in [0.1, 0.15) is 11.6 Å². The quantitative estimate of drug-likeness (QED) is 0.853. The van der Waals surface area contributed by atoms with Crippen molar-refractivity contribution < 1.29 is 9.50 Å². The number of benzene rings is 1. The maximum atomic E-state index is 14.3. The number of pyridine rings is 1. The van der Waals surface area contributed by atoms with Gasteiger partial charge >= 0.3 is 0 Å². The summed E-state index contributed by atoms with van der Waals surface area (Å²) in [6.45, 7) is 0.974. The Morgan fingerprint density at radius 3 is 3.00 bits per heavy atom. The van der Waals surface area contributed by atoms with Gasteiger partial charge in [0.15, 0.2) is 0 Å². The number of aliphatic hydroxyl groups is 1. The van der Waals surface area contributed by atoms with Crippen molar-refractivity contribution in [1.82, 2.24) is 4.98 Å². The van der Waals surface area contributed by atoms with E-state index in [1.165, 1.54) is 6.07 Å². The lowest BCUT2D eigenvalue weighted by molar-refractivity contribution is 0.262. The van der Waals surface area contributed by atoms with Crippen LogP contribution in [-0.2, 0) is 0 Å². The van der Waals surface area contributed by atoms with E-state index in [1.807, 2.05) is 0 Å². The summed E-state index contributed by atoms with van der Waals surface area (Å²) in [4.78, 5) is 6.54. The number of hydrogen-bond donors (Lipinski definition) is 2. The molecule has 5 heteroatoms. The Kier molecular flexibility index (Phi) is 3.92. The molecule has 2 aromatic rings. The van der Waals surface area contributed by atoms with Gasteiger partial charge in [-0.25, -0.2) is 9.37 Å². The molecule has 112 valence electrons. The molecule has 2 heterocycles. The Labute approximate surface area is 123 Å². The number of rotatable bonds is 3. The van der Waals surface area contributed by atoms with Crippen LogP contribution in [0.1, 0.15) is 25.7 Å². The molecule has 3 N–H and O–H groups in total. The van der Waals surface area contributed by atoms with Crippen LogP contribution >= 0.6 is 0 Å². The van der Waals surface area contributed by atoms with Crippen LogP contribution in [0.3, 0.4) is 0 Å². The van der Waals surface area contributed by atoms with Crippen LogP contribution in [0.5, 0.6) is 0 Å². The first-order chi connectivity index (χ1) is 10.2. The van der Waals surface area contributed by atoms with Crippen LogP contribution < -0.4 is 10.6 Å². The van der Waals surface area contributed by atoms with Crippen LogP contribution in [0, 0.1) is 5.82 Å². The molecule has 0 radical (unpaired) electrons. The lowest BCUT2D eigenvalue weighted by Gasteiger charge is -2.37. The van der Waals surface area contributed by atoms with Gasteiger partial charge in [0.05, 0.1) is 5.39 Å². The molecule has 1 fully saturated rings. The summed E-state index contributed by atoms with van der Waals surface area (Å²) in [5.41, 5.74) is 6.52. The maximum absolute atomic E-state index is 14.3. The molecule has 0 aliphatic carbocycles. The van der Waals surface area contributed by atoms with Crippen molar-refractivity contribution in [3.8, 4) is 0 Å².